The summed E-state index contributed by atoms with van der Waals surface area (Å²) < 4.78 is 26.3. The van der Waals surface area contributed by atoms with Gasteiger partial charge in [0.25, 0.3) is 5.91 Å². The fraction of sp³-hybridized carbons (Fsp3) is 0.286. The van der Waals surface area contributed by atoms with E-state index in [1.165, 1.54) is 30.0 Å². The molecule has 0 aromatic heterocycles. The lowest BCUT2D eigenvalue weighted by atomic mass is 10.1. The minimum absolute atomic E-state index is 0.0774. The molecule has 1 aliphatic heterocycles. The van der Waals surface area contributed by atoms with Crippen LogP contribution in [0.15, 0.2) is 59.5 Å². The molecule has 28 heavy (non-hydrogen) atoms. The minimum Gasteiger partial charge on any atom is -0.371 e. The first-order chi connectivity index (χ1) is 13.5. The third-order valence-corrected chi connectivity index (χ3v) is 6.17. The molecule has 1 aliphatic rings. The van der Waals surface area contributed by atoms with Crippen molar-refractivity contribution in [2.24, 2.45) is 5.92 Å². The third kappa shape index (κ3) is 4.91. The number of carbonyl (C=O) groups is 1. The lowest BCUT2D eigenvalue weighted by Crippen LogP contribution is -2.31. The second-order valence-electron chi connectivity index (χ2n) is 6.70. The Labute approximate surface area is 166 Å². The molecule has 7 heteroatoms. The summed E-state index contributed by atoms with van der Waals surface area (Å²) in [5, 5.41) is 2.95. The number of anilines is 1. The molecule has 2 aromatic rings. The first-order valence-electron chi connectivity index (χ1n) is 9.11. The van der Waals surface area contributed by atoms with Crippen molar-refractivity contribution in [3.8, 4) is 12.3 Å². The number of nitrogens with zero attached hydrogens (tertiary/aromatic N) is 1. The van der Waals surface area contributed by atoms with E-state index in [-0.39, 0.29) is 17.3 Å². The minimum atomic E-state index is -3.65. The van der Waals surface area contributed by atoms with Gasteiger partial charge < -0.3 is 10.2 Å². The summed E-state index contributed by atoms with van der Waals surface area (Å²) in [5.41, 5.74) is 1.63. The Morgan fingerprint density at radius 2 is 1.86 bits per heavy atom. The maximum absolute atomic E-state index is 12.4. The molecule has 1 atom stereocenters. The zero-order valence-corrected chi connectivity index (χ0v) is 16.3. The smallest absolute Gasteiger partial charge is 0.251 e. The highest BCUT2D eigenvalue weighted by molar-refractivity contribution is 7.89. The standard InChI is InChI=1S/C21H23N3O3S/c1-2-13-23-28(26,27)20-10-8-18(9-11-20)21(25)22-15-17-12-14-24(16-17)19-6-4-3-5-7-19/h1,3-11,17,23H,12-16H2,(H,22,25). The largest absolute Gasteiger partial charge is 0.371 e. The molecule has 0 saturated carbocycles. The predicted octanol–water partition coefficient (Wildman–Crippen LogP) is 1.85. The van der Waals surface area contributed by atoms with Crippen molar-refractivity contribution in [2.75, 3.05) is 31.1 Å². The molecule has 6 nitrogen and oxygen atoms in total. The monoisotopic (exact) mass is 397 g/mol. The summed E-state index contributed by atoms with van der Waals surface area (Å²) in [6.07, 6.45) is 6.09. The summed E-state index contributed by atoms with van der Waals surface area (Å²) in [6.45, 7) is 2.39. The molecular weight excluding hydrogens is 374 g/mol. The number of rotatable bonds is 7. The van der Waals surface area contributed by atoms with Crippen molar-refractivity contribution in [2.45, 2.75) is 11.3 Å². The number of para-hydroxylation sites is 1. The first-order valence-corrected chi connectivity index (χ1v) is 10.6. The Morgan fingerprint density at radius 1 is 1.14 bits per heavy atom. The van der Waals surface area contributed by atoms with Crippen LogP contribution in [0.2, 0.25) is 0 Å². The number of benzene rings is 2. The molecule has 0 radical (unpaired) electrons. The lowest BCUT2D eigenvalue weighted by Gasteiger charge is -2.18. The van der Waals surface area contributed by atoms with Crippen LogP contribution < -0.4 is 14.9 Å². The van der Waals surface area contributed by atoms with Gasteiger partial charge in [-0.3, -0.25) is 4.79 Å². The van der Waals surface area contributed by atoms with E-state index >= 15 is 0 Å². The van der Waals surface area contributed by atoms with Crippen molar-refractivity contribution in [1.29, 1.82) is 0 Å². The highest BCUT2D eigenvalue weighted by Gasteiger charge is 2.23. The van der Waals surface area contributed by atoms with Gasteiger partial charge in [0.15, 0.2) is 0 Å². The Kier molecular flexibility index (Phi) is 6.34. The maximum Gasteiger partial charge on any atom is 0.251 e. The number of hydrogen-bond donors (Lipinski definition) is 2. The van der Waals surface area contributed by atoms with Gasteiger partial charge in [0.2, 0.25) is 10.0 Å². The normalized spacial score (nSPS) is 16.5. The van der Waals surface area contributed by atoms with Crippen LogP contribution in [0.25, 0.3) is 0 Å². The van der Waals surface area contributed by atoms with Gasteiger partial charge in [0, 0.05) is 30.9 Å². The van der Waals surface area contributed by atoms with E-state index in [1.54, 1.807) is 0 Å². The van der Waals surface area contributed by atoms with Gasteiger partial charge in [-0.1, -0.05) is 24.1 Å². The highest BCUT2D eigenvalue weighted by Crippen LogP contribution is 2.23. The van der Waals surface area contributed by atoms with Crippen LogP contribution in [-0.4, -0.2) is 40.5 Å². The second kappa shape index (κ2) is 8.91. The van der Waals surface area contributed by atoms with Crippen molar-refractivity contribution in [1.82, 2.24) is 10.0 Å². The van der Waals surface area contributed by atoms with Crippen LogP contribution in [0.3, 0.4) is 0 Å². The number of sulfonamides is 1. The summed E-state index contributed by atoms with van der Waals surface area (Å²) >= 11 is 0. The lowest BCUT2D eigenvalue weighted by molar-refractivity contribution is 0.0948. The van der Waals surface area contributed by atoms with Gasteiger partial charge in [-0.05, 0) is 48.7 Å². The van der Waals surface area contributed by atoms with Crippen LogP contribution in [-0.2, 0) is 10.0 Å². The number of carbonyl (C=O) groups excluding carboxylic acids is 1. The van der Waals surface area contributed by atoms with E-state index in [2.05, 4.69) is 33.0 Å². The SMILES string of the molecule is C#CCNS(=O)(=O)c1ccc(C(=O)NCC2CCN(c3ccccc3)C2)cc1. The van der Waals surface area contributed by atoms with Crippen molar-refractivity contribution in [3.05, 3.63) is 60.2 Å². The molecule has 2 aromatic carbocycles. The second-order valence-corrected chi connectivity index (χ2v) is 8.47. The van der Waals surface area contributed by atoms with Gasteiger partial charge in [-0.25, -0.2) is 8.42 Å². The van der Waals surface area contributed by atoms with Crippen LogP contribution in [0.1, 0.15) is 16.8 Å². The number of nitrogens with one attached hydrogen (secondary N) is 2. The molecule has 0 bridgehead atoms. The Hall–Kier alpha value is -2.82. The molecular formula is C21H23N3O3S. The summed E-state index contributed by atoms with van der Waals surface area (Å²) in [5.74, 6) is 2.40. The van der Waals surface area contributed by atoms with E-state index in [1.807, 2.05) is 18.2 Å². The van der Waals surface area contributed by atoms with Gasteiger partial charge >= 0.3 is 0 Å². The van der Waals surface area contributed by atoms with Gasteiger partial charge in [-0.2, -0.15) is 4.72 Å². The maximum atomic E-state index is 12.4. The first kappa shape index (κ1) is 19.9. The average Bonchev–Trinajstić information content (AvgIpc) is 3.20. The van der Waals surface area contributed by atoms with Crippen molar-refractivity contribution >= 4 is 21.6 Å². The van der Waals surface area contributed by atoms with Crippen LogP contribution in [0.5, 0.6) is 0 Å². The van der Waals surface area contributed by atoms with E-state index in [0.717, 1.165) is 19.5 Å². The average molecular weight is 398 g/mol. The van der Waals surface area contributed by atoms with Crippen molar-refractivity contribution < 1.29 is 13.2 Å². The predicted molar refractivity (Wildman–Crippen MR) is 110 cm³/mol. The zero-order valence-electron chi connectivity index (χ0n) is 15.5. The molecule has 1 fully saturated rings. The Bertz CT molecular complexity index is 951. The zero-order chi connectivity index (χ0) is 20.0. The van der Waals surface area contributed by atoms with Gasteiger partial charge in [0.05, 0.1) is 11.4 Å². The van der Waals surface area contributed by atoms with Crippen molar-refractivity contribution in [3.63, 3.8) is 0 Å². The Morgan fingerprint density at radius 3 is 2.54 bits per heavy atom. The topological polar surface area (TPSA) is 78.5 Å². The summed E-state index contributed by atoms with van der Waals surface area (Å²) in [6, 6.07) is 16.0. The molecule has 1 heterocycles. The molecule has 1 unspecified atom stereocenters. The van der Waals surface area contributed by atoms with Crippen LogP contribution in [0, 0.1) is 18.3 Å². The van der Waals surface area contributed by atoms with Crippen LogP contribution in [0.4, 0.5) is 5.69 Å². The van der Waals surface area contributed by atoms with E-state index < -0.39 is 10.0 Å². The van der Waals surface area contributed by atoms with E-state index in [0.29, 0.717) is 18.0 Å². The summed E-state index contributed by atoms with van der Waals surface area (Å²) in [7, 11) is -3.65. The molecule has 0 spiro atoms. The molecule has 3 rings (SSSR count). The molecule has 146 valence electrons. The van der Waals surface area contributed by atoms with E-state index in [4.69, 9.17) is 6.42 Å². The molecule has 2 N–H and O–H groups in total. The fourth-order valence-electron chi connectivity index (χ4n) is 3.22. The highest BCUT2D eigenvalue weighted by atomic mass is 32.2. The Balaban J connectivity index is 1.52. The fourth-order valence-corrected chi connectivity index (χ4v) is 4.15. The molecule has 0 aliphatic carbocycles. The number of amides is 1. The number of hydrogen-bond acceptors (Lipinski definition) is 4. The molecule has 1 amide bonds. The van der Waals surface area contributed by atoms with E-state index in [9.17, 15) is 13.2 Å². The molecule has 1 saturated heterocycles. The summed E-state index contributed by atoms with van der Waals surface area (Å²) in [4.78, 5) is 14.8. The number of terminal acetylenes is 1. The van der Waals surface area contributed by atoms with Gasteiger partial charge in [0.1, 0.15) is 0 Å². The van der Waals surface area contributed by atoms with Crippen LogP contribution >= 0.6 is 0 Å². The quantitative estimate of drug-likeness (QED) is 0.699. The van der Waals surface area contributed by atoms with Gasteiger partial charge in [-0.15, -0.1) is 6.42 Å². The third-order valence-electron chi connectivity index (χ3n) is 4.75.